The first-order valence-corrected chi connectivity index (χ1v) is 26.1. The van der Waals surface area contributed by atoms with Gasteiger partial charge in [0.25, 0.3) is 0 Å². The monoisotopic (exact) mass is 961 g/mol. The lowest BCUT2D eigenvalue weighted by atomic mass is 9.95. The maximum Gasteiger partial charge on any atom is 0.0720 e. The van der Waals surface area contributed by atoms with Crippen LogP contribution in [0.25, 0.3) is 91.8 Å². The number of hydrogen-bond donors (Lipinski definition) is 0. The van der Waals surface area contributed by atoms with Crippen molar-refractivity contribution in [2.24, 2.45) is 0 Å². The van der Waals surface area contributed by atoms with Gasteiger partial charge in [0.15, 0.2) is 0 Å². The molecule has 14 aromatic rings. The Hall–Kier alpha value is -9.48. The Morgan fingerprint density at radius 3 is 1.46 bits per heavy atom. The van der Waals surface area contributed by atoms with Gasteiger partial charge in [-0.15, -0.1) is 11.3 Å². The first-order valence-electron chi connectivity index (χ1n) is 25.2. The van der Waals surface area contributed by atoms with Crippen molar-refractivity contribution in [1.29, 1.82) is 0 Å². The quantitative estimate of drug-likeness (QED) is 0.135. The standard InChI is InChI=1S/C70H47N3S/c1-5-20-48(21-6-1)49-36-40-56(41-37-49)71(53-24-7-2-8-25-53)58-44-52(45-59(46-58)72(54-26-9-3-10-27-54)57-42-38-51(39-43-57)61-33-19-23-50-22-13-14-30-60(50)61)64-47-65-62-31-15-17-34-66(62)73(55-28-11-4-12-29-55)69(65)70-68(64)63-32-16-18-35-67(63)74-70/h1-47H. The third-order valence-corrected chi connectivity index (χ3v) is 15.7. The molecule has 0 radical (unpaired) electrons. The summed E-state index contributed by atoms with van der Waals surface area (Å²) in [4.78, 5) is 4.83. The van der Waals surface area contributed by atoms with Crippen molar-refractivity contribution in [3.05, 3.63) is 285 Å². The van der Waals surface area contributed by atoms with Crippen molar-refractivity contribution in [3.8, 4) is 39.1 Å². The smallest absolute Gasteiger partial charge is 0.0720 e. The first kappa shape index (κ1) is 43.3. The summed E-state index contributed by atoms with van der Waals surface area (Å²) >= 11 is 1.89. The van der Waals surface area contributed by atoms with Crippen LogP contribution in [0.1, 0.15) is 0 Å². The molecule has 0 saturated carbocycles. The van der Waals surface area contributed by atoms with Gasteiger partial charge in [-0.1, -0.05) is 188 Å². The molecule has 14 rings (SSSR count). The molecule has 348 valence electrons. The highest BCUT2D eigenvalue weighted by Gasteiger charge is 2.25. The Morgan fingerprint density at radius 2 is 0.797 bits per heavy atom. The van der Waals surface area contributed by atoms with Gasteiger partial charge in [-0.3, -0.25) is 0 Å². The van der Waals surface area contributed by atoms with Crippen LogP contribution < -0.4 is 9.80 Å². The molecule has 74 heavy (non-hydrogen) atoms. The fraction of sp³-hybridized carbons (Fsp3) is 0. The number of nitrogens with zero attached hydrogens (tertiary/aromatic N) is 3. The Morgan fingerprint density at radius 1 is 0.297 bits per heavy atom. The summed E-state index contributed by atoms with van der Waals surface area (Å²) in [5.74, 6) is 0. The van der Waals surface area contributed by atoms with E-state index in [0.29, 0.717) is 0 Å². The van der Waals surface area contributed by atoms with Gasteiger partial charge >= 0.3 is 0 Å². The van der Waals surface area contributed by atoms with Crippen LogP contribution in [0.4, 0.5) is 34.1 Å². The summed E-state index contributed by atoms with van der Waals surface area (Å²) in [6, 6.07) is 104. The minimum absolute atomic E-state index is 1.04. The zero-order valence-corrected chi connectivity index (χ0v) is 41.2. The number of thiophene rings is 1. The SMILES string of the molecule is c1ccc(-c2ccc(N(c3ccccc3)c3cc(-c4cc5c6ccccc6n(-c6ccccc6)c5c5sc6ccccc6c45)cc(N(c4ccccc4)c4ccc(-c5cccc6ccccc56)cc4)c3)cc2)cc1. The maximum atomic E-state index is 2.48. The van der Waals surface area contributed by atoms with Crippen LogP contribution in [-0.4, -0.2) is 4.57 Å². The Kier molecular flexibility index (Phi) is 10.7. The Labute approximate surface area is 434 Å². The highest BCUT2D eigenvalue weighted by molar-refractivity contribution is 7.26. The summed E-state index contributed by atoms with van der Waals surface area (Å²) in [6.45, 7) is 0. The highest BCUT2D eigenvalue weighted by atomic mass is 32.1. The minimum Gasteiger partial charge on any atom is -0.310 e. The van der Waals surface area contributed by atoms with Crippen molar-refractivity contribution in [2.45, 2.75) is 0 Å². The molecular weight excluding hydrogens is 915 g/mol. The highest BCUT2D eigenvalue weighted by Crippen LogP contribution is 2.50. The molecule has 0 aliphatic heterocycles. The molecule has 0 unspecified atom stereocenters. The molecule has 0 aliphatic rings. The van der Waals surface area contributed by atoms with E-state index >= 15 is 0 Å². The molecule has 2 heterocycles. The molecule has 0 atom stereocenters. The van der Waals surface area contributed by atoms with E-state index in [1.54, 1.807) is 0 Å². The Balaban J connectivity index is 1.05. The first-order chi connectivity index (χ1) is 36.7. The number of para-hydroxylation sites is 4. The van der Waals surface area contributed by atoms with Gasteiger partial charge in [0.2, 0.25) is 0 Å². The normalized spacial score (nSPS) is 11.5. The molecule has 12 aromatic carbocycles. The average Bonchev–Trinajstić information content (AvgIpc) is 4.03. The molecule has 0 saturated heterocycles. The van der Waals surface area contributed by atoms with Gasteiger partial charge in [0.1, 0.15) is 0 Å². The van der Waals surface area contributed by atoms with Crippen LogP contribution in [-0.2, 0) is 0 Å². The fourth-order valence-electron chi connectivity index (χ4n) is 11.2. The number of rotatable bonds is 10. The molecule has 0 N–H and O–H groups in total. The number of fused-ring (bicyclic) bond motifs is 8. The number of aromatic nitrogens is 1. The third kappa shape index (κ3) is 7.51. The summed E-state index contributed by atoms with van der Waals surface area (Å²) in [7, 11) is 0. The lowest BCUT2D eigenvalue weighted by molar-refractivity contribution is 1.19. The Bertz CT molecular complexity index is 4330. The molecule has 4 heteroatoms. The van der Waals surface area contributed by atoms with Gasteiger partial charge < -0.3 is 14.4 Å². The summed E-state index contributed by atoms with van der Waals surface area (Å²) < 4.78 is 5.01. The zero-order chi connectivity index (χ0) is 49.0. The fourth-order valence-corrected chi connectivity index (χ4v) is 12.4. The van der Waals surface area contributed by atoms with E-state index in [9.17, 15) is 0 Å². The van der Waals surface area contributed by atoms with Crippen LogP contribution in [0.15, 0.2) is 285 Å². The summed E-state index contributed by atoms with van der Waals surface area (Å²) in [5, 5.41) is 7.44. The van der Waals surface area contributed by atoms with Crippen molar-refractivity contribution in [3.63, 3.8) is 0 Å². The van der Waals surface area contributed by atoms with Crippen LogP contribution in [0.5, 0.6) is 0 Å². The van der Waals surface area contributed by atoms with Gasteiger partial charge in [-0.05, 0) is 141 Å². The predicted molar refractivity (Wildman–Crippen MR) is 317 cm³/mol. The van der Waals surface area contributed by atoms with E-state index in [1.807, 2.05) is 11.3 Å². The lowest BCUT2D eigenvalue weighted by Crippen LogP contribution is -2.13. The van der Waals surface area contributed by atoms with E-state index in [0.717, 1.165) is 45.4 Å². The van der Waals surface area contributed by atoms with Crippen LogP contribution in [0.3, 0.4) is 0 Å². The zero-order valence-electron chi connectivity index (χ0n) is 40.4. The van der Waals surface area contributed by atoms with Crippen molar-refractivity contribution >= 4 is 98.2 Å². The number of hydrogen-bond acceptors (Lipinski definition) is 3. The minimum atomic E-state index is 1.04. The predicted octanol–water partition coefficient (Wildman–Crippen LogP) is 20.2. The van der Waals surface area contributed by atoms with Crippen LogP contribution in [0, 0.1) is 0 Å². The largest absolute Gasteiger partial charge is 0.310 e. The molecule has 0 aliphatic carbocycles. The third-order valence-electron chi connectivity index (χ3n) is 14.5. The topological polar surface area (TPSA) is 11.4 Å². The molecule has 0 bridgehead atoms. The van der Waals surface area contributed by atoms with Gasteiger partial charge in [0.05, 0.1) is 15.7 Å². The molecule has 0 spiro atoms. The van der Waals surface area contributed by atoms with E-state index in [2.05, 4.69) is 299 Å². The summed E-state index contributed by atoms with van der Waals surface area (Å²) in [5.41, 5.74) is 17.0. The number of benzene rings is 12. The van der Waals surface area contributed by atoms with Crippen LogP contribution in [0.2, 0.25) is 0 Å². The van der Waals surface area contributed by atoms with Gasteiger partial charge in [-0.25, -0.2) is 0 Å². The second kappa shape index (κ2) is 18.3. The molecule has 3 nitrogen and oxygen atoms in total. The number of anilines is 6. The summed E-state index contributed by atoms with van der Waals surface area (Å²) in [6.07, 6.45) is 0. The van der Waals surface area contributed by atoms with Crippen molar-refractivity contribution in [1.82, 2.24) is 4.57 Å². The van der Waals surface area contributed by atoms with E-state index < -0.39 is 0 Å². The second-order valence-electron chi connectivity index (χ2n) is 18.9. The molecule has 2 aromatic heterocycles. The second-order valence-corrected chi connectivity index (χ2v) is 19.9. The average molecular weight is 962 g/mol. The van der Waals surface area contributed by atoms with E-state index in [4.69, 9.17) is 0 Å². The van der Waals surface area contributed by atoms with E-state index in [1.165, 1.54) is 80.6 Å². The van der Waals surface area contributed by atoms with Gasteiger partial charge in [0, 0.05) is 66.1 Å². The van der Waals surface area contributed by atoms with Gasteiger partial charge in [-0.2, -0.15) is 0 Å². The molecular formula is C70H47N3S. The lowest BCUT2D eigenvalue weighted by Gasteiger charge is -2.30. The van der Waals surface area contributed by atoms with E-state index in [-0.39, 0.29) is 0 Å². The molecule has 0 amide bonds. The van der Waals surface area contributed by atoms with Crippen LogP contribution >= 0.6 is 11.3 Å². The maximum absolute atomic E-state index is 2.48. The molecule has 0 fully saturated rings. The van der Waals surface area contributed by atoms with Crippen molar-refractivity contribution < 1.29 is 0 Å². The van der Waals surface area contributed by atoms with Crippen molar-refractivity contribution in [2.75, 3.05) is 9.80 Å².